The number of rotatable bonds is 5. The fourth-order valence-corrected chi connectivity index (χ4v) is 1.25. The highest BCUT2D eigenvalue weighted by molar-refractivity contribution is 6.35. The molecule has 0 heterocycles. The topological polar surface area (TPSA) is 67.8 Å². The lowest BCUT2D eigenvalue weighted by atomic mass is 10.1. The molecule has 1 rings (SSSR count). The lowest BCUT2D eigenvalue weighted by Crippen LogP contribution is -2.24. The van der Waals surface area contributed by atoms with Crippen LogP contribution in [0.2, 0.25) is 0 Å². The highest BCUT2D eigenvalue weighted by Crippen LogP contribution is 1.99. The van der Waals surface area contributed by atoms with Crippen LogP contribution in [0, 0.1) is 0 Å². The molecule has 1 aromatic rings. The number of nitrogens with one attached hydrogen (secondary N) is 1. The zero-order chi connectivity index (χ0) is 13.4. The molecule has 96 valence electrons. The minimum absolute atomic E-state index is 0.123. The summed E-state index contributed by atoms with van der Waals surface area (Å²) in [7, 11) is 0. The molecule has 0 aliphatic carbocycles. The number of amides is 1. The Kier molecular flexibility index (Phi) is 5.57. The summed E-state index contributed by atoms with van der Waals surface area (Å²) in [6, 6.07) is 9.29. The van der Waals surface area contributed by atoms with Gasteiger partial charge in [0.2, 0.25) is 5.91 Å². The summed E-state index contributed by atoms with van der Waals surface area (Å²) in [4.78, 5) is 22.7. The minimum Gasteiger partial charge on any atom is -0.461 e. The van der Waals surface area contributed by atoms with Gasteiger partial charge in [-0.15, -0.1) is 0 Å². The Labute approximate surface area is 106 Å². The van der Waals surface area contributed by atoms with E-state index in [9.17, 15) is 9.59 Å². The summed E-state index contributed by atoms with van der Waals surface area (Å²) >= 11 is 0. The Hall–Kier alpha value is -2.17. The molecule has 0 spiro atoms. The highest BCUT2D eigenvalue weighted by atomic mass is 16.5. The molecule has 0 bridgehead atoms. The van der Waals surface area contributed by atoms with Crippen LogP contribution in [-0.2, 0) is 20.7 Å². The SMILES string of the molecule is CCOC(=O)/C(C)=N\NC(=O)Cc1ccccc1. The Morgan fingerprint density at radius 2 is 1.94 bits per heavy atom. The molecular weight excluding hydrogens is 232 g/mol. The molecular formula is C13H16N2O3. The smallest absolute Gasteiger partial charge is 0.354 e. The Balaban J connectivity index is 2.46. The molecule has 1 amide bonds. The van der Waals surface area contributed by atoms with Gasteiger partial charge in [-0.05, 0) is 19.4 Å². The van der Waals surface area contributed by atoms with Crippen molar-refractivity contribution in [2.75, 3.05) is 6.61 Å². The van der Waals surface area contributed by atoms with Gasteiger partial charge >= 0.3 is 5.97 Å². The van der Waals surface area contributed by atoms with Gasteiger partial charge in [-0.1, -0.05) is 30.3 Å². The van der Waals surface area contributed by atoms with Gasteiger partial charge in [-0.2, -0.15) is 5.10 Å². The van der Waals surface area contributed by atoms with Crippen LogP contribution in [0.5, 0.6) is 0 Å². The maximum absolute atomic E-state index is 11.5. The van der Waals surface area contributed by atoms with Crippen molar-refractivity contribution >= 4 is 17.6 Å². The second-order valence-corrected chi connectivity index (χ2v) is 3.62. The van der Waals surface area contributed by atoms with Gasteiger partial charge in [0.1, 0.15) is 5.71 Å². The van der Waals surface area contributed by atoms with Gasteiger partial charge in [-0.25, -0.2) is 10.2 Å². The van der Waals surface area contributed by atoms with Gasteiger partial charge < -0.3 is 4.74 Å². The molecule has 0 aliphatic heterocycles. The van der Waals surface area contributed by atoms with Crippen LogP contribution in [0.1, 0.15) is 19.4 Å². The third kappa shape index (κ3) is 4.78. The van der Waals surface area contributed by atoms with E-state index in [1.165, 1.54) is 6.92 Å². The Bertz CT molecular complexity index is 441. The van der Waals surface area contributed by atoms with Crippen molar-refractivity contribution in [3.8, 4) is 0 Å². The molecule has 0 unspecified atom stereocenters. The van der Waals surface area contributed by atoms with Crippen molar-refractivity contribution in [2.24, 2.45) is 5.10 Å². The third-order valence-corrected chi connectivity index (χ3v) is 2.13. The number of carbonyl (C=O) groups is 2. The first-order valence-electron chi connectivity index (χ1n) is 5.67. The van der Waals surface area contributed by atoms with E-state index in [1.807, 2.05) is 30.3 Å². The number of esters is 1. The molecule has 0 radical (unpaired) electrons. The number of ether oxygens (including phenoxy) is 1. The normalized spacial score (nSPS) is 10.9. The number of nitrogens with zero attached hydrogens (tertiary/aromatic N) is 1. The Morgan fingerprint density at radius 3 is 2.56 bits per heavy atom. The third-order valence-electron chi connectivity index (χ3n) is 2.13. The zero-order valence-electron chi connectivity index (χ0n) is 10.5. The predicted molar refractivity (Wildman–Crippen MR) is 68.0 cm³/mol. The molecule has 0 fully saturated rings. The zero-order valence-corrected chi connectivity index (χ0v) is 10.5. The maximum Gasteiger partial charge on any atom is 0.354 e. The van der Waals surface area contributed by atoms with E-state index in [0.717, 1.165) is 5.56 Å². The molecule has 18 heavy (non-hydrogen) atoms. The molecule has 0 saturated heterocycles. The van der Waals surface area contributed by atoms with Gasteiger partial charge in [0, 0.05) is 0 Å². The van der Waals surface area contributed by atoms with Crippen molar-refractivity contribution in [3.63, 3.8) is 0 Å². The van der Waals surface area contributed by atoms with Gasteiger partial charge in [0.05, 0.1) is 13.0 Å². The van der Waals surface area contributed by atoms with Crippen molar-refractivity contribution in [2.45, 2.75) is 20.3 Å². The van der Waals surface area contributed by atoms with Crippen LogP contribution < -0.4 is 5.43 Å². The number of hydrogen-bond donors (Lipinski definition) is 1. The van der Waals surface area contributed by atoms with E-state index >= 15 is 0 Å². The lowest BCUT2D eigenvalue weighted by molar-refractivity contribution is -0.135. The maximum atomic E-state index is 11.5. The standard InChI is InChI=1S/C13H16N2O3/c1-3-18-13(17)10(2)14-15-12(16)9-11-7-5-4-6-8-11/h4-8H,3,9H2,1-2H3,(H,15,16)/b14-10-. The number of hydrogen-bond acceptors (Lipinski definition) is 4. The van der Waals surface area contributed by atoms with Gasteiger partial charge in [0.25, 0.3) is 0 Å². The fraction of sp³-hybridized carbons (Fsp3) is 0.308. The quantitative estimate of drug-likeness (QED) is 0.485. The van der Waals surface area contributed by atoms with E-state index in [0.29, 0.717) is 0 Å². The van der Waals surface area contributed by atoms with E-state index in [1.54, 1.807) is 6.92 Å². The molecule has 0 aromatic heterocycles. The fourth-order valence-electron chi connectivity index (χ4n) is 1.25. The number of benzene rings is 1. The summed E-state index contributed by atoms with van der Waals surface area (Å²) in [5, 5.41) is 3.68. The average molecular weight is 248 g/mol. The van der Waals surface area contributed by atoms with Gasteiger partial charge in [0.15, 0.2) is 0 Å². The van der Waals surface area contributed by atoms with Crippen LogP contribution in [-0.4, -0.2) is 24.2 Å². The van der Waals surface area contributed by atoms with E-state index < -0.39 is 5.97 Å². The summed E-state index contributed by atoms with van der Waals surface area (Å²) in [5.74, 6) is -0.803. The summed E-state index contributed by atoms with van der Waals surface area (Å²) < 4.78 is 4.73. The molecule has 5 nitrogen and oxygen atoms in total. The van der Waals surface area contributed by atoms with E-state index in [-0.39, 0.29) is 24.6 Å². The van der Waals surface area contributed by atoms with Crippen LogP contribution in [0.4, 0.5) is 0 Å². The summed E-state index contributed by atoms with van der Waals surface area (Å²) in [6.07, 6.45) is 0.223. The minimum atomic E-state index is -0.530. The monoisotopic (exact) mass is 248 g/mol. The summed E-state index contributed by atoms with van der Waals surface area (Å²) in [5.41, 5.74) is 3.33. The number of carbonyl (C=O) groups excluding carboxylic acids is 2. The first-order valence-corrected chi connectivity index (χ1v) is 5.67. The van der Waals surface area contributed by atoms with Crippen molar-refractivity contribution in [1.29, 1.82) is 0 Å². The van der Waals surface area contributed by atoms with Gasteiger partial charge in [-0.3, -0.25) is 4.79 Å². The second kappa shape index (κ2) is 7.21. The van der Waals surface area contributed by atoms with Crippen LogP contribution in [0.15, 0.2) is 35.4 Å². The molecule has 0 saturated carbocycles. The Morgan fingerprint density at radius 1 is 1.28 bits per heavy atom. The van der Waals surface area contributed by atoms with Crippen LogP contribution in [0.3, 0.4) is 0 Å². The first-order chi connectivity index (χ1) is 8.63. The largest absolute Gasteiger partial charge is 0.461 e. The van der Waals surface area contributed by atoms with E-state index in [2.05, 4.69) is 10.5 Å². The van der Waals surface area contributed by atoms with Crippen molar-refractivity contribution in [1.82, 2.24) is 5.43 Å². The molecule has 0 atom stereocenters. The molecule has 0 aliphatic rings. The van der Waals surface area contributed by atoms with Crippen molar-refractivity contribution < 1.29 is 14.3 Å². The lowest BCUT2D eigenvalue weighted by Gasteiger charge is -2.02. The van der Waals surface area contributed by atoms with Crippen molar-refractivity contribution in [3.05, 3.63) is 35.9 Å². The highest BCUT2D eigenvalue weighted by Gasteiger charge is 2.07. The molecule has 5 heteroatoms. The second-order valence-electron chi connectivity index (χ2n) is 3.62. The molecule has 1 N–H and O–H groups in total. The number of hydrazone groups is 1. The van der Waals surface area contributed by atoms with E-state index in [4.69, 9.17) is 4.74 Å². The first kappa shape index (κ1) is 13.9. The average Bonchev–Trinajstić information content (AvgIpc) is 2.37. The van der Waals surface area contributed by atoms with Crippen LogP contribution >= 0.6 is 0 Å². The summed E-state index contributed by atoms with van der Waals surface area (Å²) in [6.45, 7) is 3.48. The predicted octanol–water partition coefficient (Wildman–Crippen LogP) is 1.28. The molecule has 1 aromatic carbocycles. The van der Waals surface area contributed by atoms with Crippen LogP contribution in [0.25, 0.3) is 0 Å².